The summed E-state index contributed by atoms with van der Waals surface area (Å²) in [6.07, 6.45) is 1.81. The largest absolute Gasteiger partial charge is 0.497 e. The van der Waals surface area contributed by atoms with Crippen molar-refractivity contribution in [2.24, 2.45) is 0 Å². The number of methoxy groups -OCH3 is 2. The van der Waals surface area contributed by atoms with E-state index < -0.39 is 0 Å². The molecule has 1 aromatic rings. The highest BCUT2D eigenvalue weighted by Crippen LogP contribution is 2.31. The van der Waals surface area contributed by atoms with Gasteiger partial charge in [-0.2, -0.15) is 0 Å². The predicted molar refractivity (Wildman–Crippen MR) is 66.7 cm³/mol. The van der Waals surface area contributed by atoms with E-state index in [9.17, 15) is 4.79 Å². The molecule has 1 aliphatic rings. The summed E-state index contributed by atoms with van der Waals surface area (Å²) in [6.45, 7) is 0.717. The molecule has 1 aromatic carbocycles. The first-order valence-electron chi connectivity index (χ1n) is 6.09. The van der Waals surface area contributed by atoms with E-state index in [1.165, 1.54) is 7.11 Å². The predicted octanol–water partition coefficient (Wildman–Crippen LogP) is 2.13. The Labute approximate surface area is 107 Å². The number of esters is 1. The molecule has 4 nitrogen and oxygen atoms in total. The number of hydrogen-bond donors (Lipinski definition) is 0. The van der Waals surface area contributed by atoms with Crippen molar-refractivity contribution < 1.29 is 19.0 Å². The molecule has 0 radical (unpaired) electrons. The van der Waals surface area contributed by atoms with E-state index in [1.54, 1.807) is 7.11 Å². The molecule has 1 aliphatic heterocycles. The van der Waals surface area contributed by atoms with Crippen LogP contribution in [0, 0.1) is 0 Å². The maximum atomic E-state index is 11.9. The Hall–Kier alpha value is -1.55. The third kappa shape index (κ3) is 2.64. The second kappa shape index (κ2) is 5.87. The molecule has 0 aromatic heterocycles. The molecular formula is C14H18O4. The van der Waals surface area contributed by atoms with E-state index >= 15 is 0 Å². The highest BCUT2D eigenvalue weighted by Gasteiger charge is 2.33. The van der Waals surface area contributed by atoms with Crippen molar-refractivity contribution >= 4 is 5.97 Å². The Bertz CT molecular complexity index is 393. The molecule has 2 rings (SSSR count). The van der Waals surface area contributed by atoms with Crippen LogP contribution in [-0.2, 0) is 14.3 Å². The highest BCUT2D eigenvalue weighted by molar-refractivity contribution is 5.79. The second-order valence-corrected chi connectivity index (χ2v) is 4.33. The van der Waals surface area contributed by atoms with Crippen LogP contribution < -0.4 is 4.74 Å². The van der Waals surface area contributed by atoms with Gasteiger partial charge in [0.25, 0.3) is 0 Å². The molecule has 2 atom stereocenters. The third-order valence-electron chi connectivity index (χ3n) is 3.27. The van der Waals surface area contributed by atoms with Gasteiger partial charge in [0.05, 0.1) is 20.3 Å². The monoisotopic (exact) mass is 250 g/mol. The third-order valence-corrected chi connectivity index (χ3v) is 3.27. The van der Waals surface area contributed by atoms with Gasteiger partial charge in [-0.05, 0) is 30.5 Å². The van der Waals surface area contributed by atoms with Gasteiger partial charge in [0.15, 0.2) is 0 Å². The van der Waals surface area contributed by atoms with Crippen LogP contribution in [0.5, 0.6) is 5.75 Å². The van der Waals surface area contributed by atoms with Crippen molar-refractivity contribution in [3.8, 4) is 5.75 Å². The number of carbonyl (C=O) groups is 1. The molecule has 0 N–H and O–H groups in total. The fourth-order valence-corrected chi connectivity index (χ4v) is 2.31. The molecule has 0 unspecified atom stereocenters. The first-order chi connectivity index (χ1) is 8.76. The highest BCUT2D eigenvalue weighted by atomic mass is 16.5. The maximum Gasteiger partial charge on any atom is 0.315 e. The molecule has 18 heavy (non-hydrogen) atoms. The van der Waals surface area contributed by atoms with Gasteiger partial charge in [0.1, 0.15) is 11.7 Å². The number of hydrogen-bond acceptors (Lipinski definition) is 4. The summed E-state index contributed by atoms with van der Waals surface area (Å²) in [6, 6.07) is 7.48. The van der Waals surface area contributed by atoms with E-state index in [0.717, 1.165) is 24.2 Å². The molecule has 1 heterocycles. The SMILES string of the molecule is COC(=O)[C@H](c1ccc(OC)cc1)[C@@H]1CCCO1. The number of benzene rings is 1. The Morgan fingerprint density at radius 1 is 1.33 bits per heavy atom. The van der Waals surface area contributed by atoms with E-state index in [4.69, 9.17) is 14.2 Å². The first-order valence-corrected chi connectivity index (χ1v) is 6.09. The zero-order chi connectivity index (χ0) is 13.0. The average Bonchev–Trinajstić information content (AvgIpc) is 2.93. The minimum atomic E-state index is -0.344. The van der Waals surface area contributed by atoms with E-state index in [2.05, 4.69) is 0 Å². The molecule has 0 saturated carbocycles. The van der Waals surface area contributed by atoms with Crippen LogP contribution in [0.15, 0.2) is 24.3 Å². The van der Waals surface area contributed by atoms with Crippen LogP contribution in [-0.4, -0.2) is 32.9 Å². The molecule has 0 aliphatic carbocycles. The van der Waals surface area contributed by atoms with Crippen molar-refractivity contribution in [2.45, 2.75) is 24.9 Å². The van der Waals surface area contributed by atoms with Crippen molar-refractivity contribution in [1.82, 2.24) is 0 Å². The van der Waals surface area contributed by atoms with Gasteiger partial charge in [-0.1, -0.05) is 12.1 Å². The zero-order valence-corrected chi connectivity index (χ0v) is 10.7. The van der Waals surface area contributed by atoms with Gasteiger partial charge in [-0.3, -0.25) is 4.79 Å². The average molecular weight is 250 g/mol. The summed E-state index contributed by atoms with van der Waals surface area (Å²) >= 11 is 0. The smallest absolute Gasteiger partial charge is 0.315 e. The van der Waals surface area contributed by atoms with Crippen molar-refractivity contribution in [1.29, 1.82) is 0 Å². The molecule has 0 amide bonds. The van der Waals surface area contributed by atoms with Crippen molar-refractivity contribution in [2.75, 3.05) is 20.8 Å². The summed E-state index contributed by atoms with van der Waals surface area (Å²) in [7, 11) is 3.03. The van der Waals surface area contributed by atoms with Crippen LogP contribution in [0.25, 0.3) is 0 Å². The Morgan fingerprint density at radius 2 is 2.06 bits per heavy atom. The quantitative estimate of drug-likeness (QED) is 0.768. The van der Waals surface area contributed by atoms with Crippen molar-refractivity contribution in [3.05, 3.63) is 29.8 Å². The lowest BCUT2D eigenvalue weighted by atomic mass is 9.92. The van der Waals surface area contributed by atoms with Crippen LogP contribution >= 0.6 is 0 Å². The standard InChI is InChI=1S/C14H18O4/c1-16-11-7-5-10(6-8-11)13(14(15)17-2)12-4-3-9-18-12/h5-8,12-13H,3-4,9H2,1-2H3/t12-,13+/m0/s1. The number of rotatable bonds is 4. The van der Waals surface area contributed by atoms with Crippen LogP contribution in [0.1, 0.15) is 24.3 Å². The fraction of sp³-hybridized carbons (Fsp3) is 0.500. The van der Waals surface area contributed by atoms with Gasteiger partial charge in [-0.25, -0.2) is 0 Å². The Morgan fingerprint density at radius 3 is 2.56 bits per heavy atom. The number of ether oxygens (including phenoxy) is 3. The normalized spacial score (nSPS) is 20.4. The molecule has 4 heteroatoms. The van der Waals surface area contributed by atoms with Crippen LogP contribution in [0.3, 0.4) is 0 Å². The molecule has 98 valence electrons. The Kier molecular flexibility index (Phi) is 4.20. The van der Waals surface area contributed by atoms with E-state index in [-0.39, 0.29) is 18.0 Å². The van der Waals surface area contributed by atoms with E-state index in [0.29, 0.717) is 6.61 Å². The molecule has 1 fully saturated rings. The second-order valence-electron chi connectivity index (χ2n) is 4.33. The summed E-state index contributed by atoms with van der Waals surface area (Å²) in [5, 5.41) is 0. The van der Waals surface area contributed by atoms with Gasteiger partial charge in [0, 0.05) is 6.61 Å². The van der Waals surface area contributed by atoms with E-state index in [1.807, 2.05) is 24.3 Å². The molecule has 0 spiro atoms. The lowest BCUT2D eigenvalue weighted by Crippen LogP contribution is -2.26. The van der Waals surface area contributed by atoms with Crippen LogP contribution in [0.4, 0.5) is 0 Å². The lowest BCUT2D eigenvalue weighted by molar-refractivity contribution is -0.145. The molecular weight excluding hydrogens is 232 g/mol. The molecule has 0 bridgehead atoms. The first kappa shape index (κ1) is 12.9. The lowest BCUT2D eigenvalue weighted by Gasteiger charge is -2.21. The number of carbonyl (C=O) groups excluding carboxylic acids is 1. The molecule has 1 saturated heterocycles. The van der Waals surface area contributed by atoms with Gasteiger partial charge in [0.2, 0.25) is 0 Å². The summed E-state index contributed by atoms with van der Waals surface area (Å²) in [5.74, 6) is 0.185. The summed E-state index contributed by atoms with van der Waals surface area (Å²) < 4.78 is 15.6. The Balaban J connectivity index is 2.23. The van der Waals surface area contributed by atoms with Gasteiger partial charge >= 0.3 is 5.97 Å². The minimum absolute atomic E-state index is 0.0779. The van der Waals surface area contributed by atoms with Gasteiger partial charge < -0.3 is 14.2 Å². The summed E-state index contributed by atoms with van der Waals surface area (Å²) in [4.78, 5) is 11.9. The van der Waals surface area contributed by atoms with Gasteiger partial charge in [-0.15, -0.1) is 0 Å². The summed E-state index contributed by atoms with van der Waals surface area (Å²) in [5.41, 5.74) is 0.912. The maximum absolute atomic E-state index is 11.9. The van der Waals surface area contributed by atoms with Crippen LogP contribution in [0.2, 0.25) is 0 Å². The topological polar surface area (TPSA) is 44.8 Å². The minimum Gasteiger partial charge on any atom is -0.497 e. The fourth-order valence-electron chi connectivity index (χ4n) is 2.31. The zero-order valence-electron chi connectivity index (χ0n) is 10.7. The van der Waals surface area contributed by atoms with Crippen molar-refractivity contribution in [3.63, 3.8) is 0 Å².